The first-order valence-electron chi connectivity index (χ1n) is 27.7. The number of nitrogens with two attached hydrogens (primary N) is 1. The molecule has 11 aromatic rings. The highest BCUT2D eigenvalue weighted by Crippen LogP contribution is 2.37. The molecule has 1 fully saturated rings. The standard InChI is InChI=1S/C23H20FN3O3.C14H9FN2O2.C13H17BN2O2.C9H13NO2.C7H4BrFO2/c1-30-18-4-2-3-15(10-18)22(13-28)26-23(29)16-5-7-20(24)19(11-16)14-6-8-21-17(9-14)12-25-27-21;15-12-3-1-9(14(18)19)6-11(12)8-2-4-13-10(5-8)7-16-17-13;1-12(2)13(3,4)18-14(17-12)10-5-6-11-9(7-10)8-15-16-11;1-12-8-4-2-3-7(5-8)9(10)6-11;8-5-3-4(7(10)11)1-2-6(5)9/h2-12,22,28H,13H2,1H3,(H,25,27)(H,26,29);1-7H,(H,16,17)(H,18,19);5-8H,1-4H3,(H,15,16);2-5,9,11H,6,10H2,1H3;1-3H,(H,10,11). The van der Waals surface area contributed by atoms with Gasteiger partial charge in [0.1, 0.15) is 29.0 Å². The number of carbonyl (C=O) groups excluding carboxylic acids is 1. The summed E-state index contributed by atoms with van der Waals surface area (Å²) in [4.78, 5) is 34.1. The Hall–Kier alpha value is -9.69. The van der Waals surface area contributed by atoms with Gasteiger partial charge in [-0.15, -0.1) is 0 Å². The van der Waals surface area contributed by atoms with Crippen molar-refractivity contribution in [2.45, 2.75) is 51.0 Å². The fourth-order valence-electron chi connectivity index (χ4n) is 9.02. The summed E-state index contributed by atoms with van der Waals surface area (Å²) in [6.07, 6.45) is 5.11. The van der Waals surface area contributed by atoms with Gasteiger partial charge in [-0.2, -0.15) is 15.3 Å². The number of hydrogen-bond donors (Lipinski definition) is 9. The average Bonchev–Trinajstić information content (AvgIpc) is 1.82. The van der Waals surface area contributed by atoms with E-state index in [0.29, 0.717) is 33.6 Å². The topological polar surface area (TPSA) is 293 Å². The zero-order chi connectivity index (χ0) is 64.9. The Bertz CT molecular complexity index is 4300. The fraction of sp³-hybridized carbons (Fsp3) is 0.182. The summed E-state index contributed by atoms with van der Waals surface area (Å²) in [5.41, 5.74) is 12.6. The molecule has 0 saturated carbocycles. The summed E-state index contributed by atoms with van der Waals surface area (Å²) in [5.74, 6) is -2.52. The second-order valence-electron chi connectivity index (χ2n) is 21.3. The first-order chi connectivity index (χ1) is 43.0. The molecule has 2 unspecified atom stereocenters. The van der Waals surface area contributed by atoms with E-state index in [9.17, 15) is 32.7 Å². The van der Waals surface area contributed by atoms with E-state index in [-0.39, 0.29) is 58.7 Å². The number of methoxy groups -OCH3 is 2. The van der Waals surface area contributed by atoms with Crippen molar-refractivity contribution in [2.75, 3.05) is 27.4 Å². The van der Waals surface area contributed by atoms with E-state index < -0.39 is 41.3 Å². The van der Waals surface area contributed by atoms with Crippen LogP contribution in [0.3, 0.4) is 0 Å². The largest absolute Gasteiger partial charge is 0.497 e. The van der Waals surface area contributed by atoms with Gasteiger partial charge >= 0.3 is 19.1 Å². The molecular weight excluding hydrogens is 1230 g/mol. The van der Waals surface area contributed by atoms with Crippen molar-refractivity contribution in [3.63, 3.8) is 0 Å². The average molecular weight is 1290 g/mol. The molecule has 0 radical (unpaired) electrons. The molecule has 90 heavy (non-hydrogen) atoms. The quantitative estimate of drug-likeness (QED) is 0.0485. The van der Waals surface area contributed by atoms with E-state index in [1.54, 1.807) is 75.1 Å². The maximum Gasteiger partial charge on any atom is 0.494 e. The molecule has 24 heteroatoms. The molecule has 10 N–H and O–H groups in total. The number of aliphatic hydroxyl groups is 2. The first-order valence-corrected chi connectivity index (χ1v) is 28.5. The minimum absolute atomic E-state index is 0.0484. The lowest BCUT2D eigenvalue weighted by molar-refractivity contribution is 0.00578. The number of aromatic carboxylic acids is 2. The third kappa shape index (κ3) is 16.3. The first kappa shape index (κ1) is 66.3. The molecule has 0 aliphatic carbocycles. The van der Waals surface area contributed by atoms with Crippen LogP contribution in [0.5, 0.6) is 11.5 Å². The number of aliphatic hydroxyl groups excluding tert-OH is 2. The fourth-order valence-corrected chi connectivity index (χ4v) is 9.39. The molecule has 19 nitrogen and oxygen atoms in total. The van der Waals surface area contributed by atoms with Crippen LogP contribution in [-0.2, 0) is 9.31 Å². The lowest BCUT2D eigenvalue weighted by Gasteiger charge is -2.32. The predicted octanol–water partition coefficient (Wildman–Crippen LogP) is 11.7. The summed E-state index contributed by atoms with van der Waals surface area (Å²) in [7, 11) is 2.84. The van der Waals surface area contributed by atoms with E-state index >= 15 is 0 Å². The van der Waals surface area contributed by atoms with Gasteiger partial charge in [-0.1, -0.05) is 48.5 Å². The minimum atomic E-state index is -1.08. The van der Waals surface area contributed by atoms with Crippen molar-refractivity contribution in [1.82, 2.24) is 35.9 Å². The molecule has 1 saturated heterocycles. The molecule has 0 bridgehead atoms. The lowest BCUT2D eigenvalue weighted by atomic mass is 9.79. The van der Waals surface area contributed by atoms with Gasteiger partial charge in [-0.3, -0.25) is 20.1 Å². The van der Waals surface area contributed by atoms with Crippen LogP contribution in [0, 0.1) is 17.5 Å². The second-order valence-corrected chi connectivity index (χ2v) is 22.2. The Morgan fingerprint density at radius 2 is 1.02 bits per heavy atom. The summed E-state index contributed by atoms with van der Waals surface area (Å²) in [6.45, 7) is 7.90. The van der Waals surface area contributed by atoms with Gasteiger partial charge < -0.3 is 50.3 Å². The molecule has 3 aromatic heterocycles. The molecule has 2 atom stereocenters. The van der Waals surface area contributed by atoms with E-state index in [1.807, 2.05) is 54.7 Å². The number of hydrogen-bond acceptors (Lipinski definition) is 13. The van der Waals surface area contributed by atoms with Crippen molar-refractivity contribution in [2.24, 2.45) is 5.73 Å². The molecule has 12 rings (SSSR count). The van der Waals surface area contributed by atoms with Crippen LogP contribution in [0.15, 0.2) is 181 Å². The van der Waals surface area contributed by atoms with Crippen molar-refractivity contribution >= 4 is 79.1 Å². The molecule has 4 heterocycles. The Morgan fingerprint density at radius 3 is 1.50 bits per heavy atom. The normalized spacial score (nSPS) is 13.5. The van der Waals surface area contributed by atoms with Crippen LogP contribution in [0.4, 0.5) is 13.2 Å². The molecule has 8 aromatic carbocycles. The van der Waals surface area contributed by atoms with Gasteiger partial charge in [0.25, 0.3) is 5.91 Å². The highest BCUT2D eigenvalue weighted by atomic mass is 79.9. The number of fused-ring (bicyclic) bond motifs is 3. The van der Waals surface area contributed by atoms with Crippen LogP contribution in [-0.4, -0.2) is 115 Å². The SMILES string of the molecule is CC1(C)OB(c2ccc3[nH]ncc3c2)OC1(C)C.COc1cccc(C(CO)NC(=O)c2ccc(F)c(-c3ccc4[nH]ncc4c3)c2)c1.COc1cccc(C(N)CO)c1.O=C(O)c1ccc(F)c(-c2ccc3[nH]ncc3c2)c1.O=C(O)c1ccc(F)c(Br)c1. The van der Waals surface area contributed by atoms with Crippen LogP contribution in [0.25, 0.3) is 55.0 Å². The van der Waals surface area contributed by atoms with E-state index in [2.05, 4.69) is 85.6 Å². The third-order valence-corrected chi connectivity index (χ3v) is 15.4. The highest BCUT2D eigenvalue weighted by molar-refractivity contribution is 9.10. The molecule has 1 aliphatic rings. The van der Waals surface area contributed by atoms with E-state index in [1.165, 1.54) is 48.5 Å². The number of aromatic nitrogens is 6. The number of rotatable bonds is 13. The summed E-state index contributed by atoms with van der Waals surface area (Å²) < 4.78 is 63.3. The summed E-state index contributed by atoms with van der Waals surface area (Å²) in [6, 6.07) is 41.8. The smallest absolute Gasteiger partial charge is 0.494 e. The van der Waals surface area contributed by atoms with Crippen molar-refractivity contribution in [3.8, 4) is 33.8 Å². The number of carbonyl (C=O) groups is 3. The van der Waals surface area contributed by atoms with Crippen LogP contribution < -0.4 is 26.0 Å². The Kier molecular flexibility index (Phi) is 21.8. The monoisotopic (exact) mass is 1290 g/mol. The van der Waals surface area contributed by atoms with Crippen molar-refractivity contribution in [1.29, 1.82) is 0 Å². The molecule has 464 valence electrons. The maximum atomic E-state index is 14.5. The number of carboxylic acid groups (broad SMARTS) is 2. The molecule has 0 spiro atoms. The van der Waals surface area contributed by atoms with Gasteiger partial charge in [0.05, 0.1) is 101 Å². The number of halogens is 4. The van der Waals surface area contributed by atoms with Crippen molar-refractivity contribution < 1.29 is 66.8 Å². The zero-order valence-corrected chi connectivity index (χ0v) is 51.1. The highest BCUT2D eigenvalue weighted by Gasteiger charge is 2.51. The number of benzene rings is 8. The predicted molar refractivity (Wildman–Crippen MR) is 340 cm³/mol. The summed E-state index contributed by atoms with van der Waals surface area (Å²) in [5, 5.41) is 62.0. The number of amides is 1. The van der Waals surface area contributed by atoms with E-state index in [4.69, 9.17) is 39.8 Å². The second kappa shape index (κ2) is 29.5. The number of carboxylic acids is 2. The third-order valence-electron chi connectivity index (χ3n) is 14.8. The van der Waals surface area contributed by atoms with Crippen LogP contribution in [0.2, 0.25) is 0 Å². The van der Waals surface area contributed by atoms with Gasteiger partial charge in [-0.05, 0) is 181 Å². The molecule has 1 amide bonds. The van der Waals surface area contributed by atoms with Crippen molar-refractivity contribution in [3.05, 3.63) is 226 Å². The van der Waals surface area contributed by atoms with Gasteiger partial charge in [0.2, 0.25) is 0 Å². The molecule has 1 aliphatic heterocycles. The number of nitrogens with zero attached hydrogens (tertiary/aromatic N) is 3. The molecular formula is C66H63BBrF3N8O11. The summed E-state index contributed by atoms with van der Waals surface area (Å²) >= 11 is 2.88. The number of ether oxygens (including phenoxy) is 2. The van der Waals surface area contributed by atoms with Crippen LogP contribution in [0.1, 0.15) is 82.0 Å². The van der Waals surface area contributed by atoms with Gasteiger partial charge in [-0.25, -0.2) is 22.8 Å². The number of H-pyrrole nitrogens is 3. The minimum Gasteiger partial charge on any atom is -0.497 e. The van der Waals surface area contributed by atoms with Gasteiger partial charge in [0.15, 0.2) is 0 Å². The lowest BCUT2D eigenvalue weighted by Crippen LogP contribution is -2.41. The van der Waals surface area contributed by atoms with E-state index in [0.717, 1.165) is 55.6 Å². The Balaban J connectivity index is 0.000000153. The van der Waals surface area contributed by atoms with Gasteiger partial charge in [0, 0.05) is 32.8 Å². The number of nitrogens with one attached hydrogen (secondary N) is 4. The number of aromatic amines is 3. The zero-order valence-electron chi connectivity index (χ0n) is 49.5. The maximum absolute atomic E-state index is 14.5. The Morgan fingerprint density at radius 1 is 0.578 bits per heavy atom. The Labute approximate surface area is 523 Å². The van der Waals surface area contributed by atoms with Crippen LogP contribution >= 0.6 is 15.9 Å².